The molecule has 0 unspecified atom stereocenters. The third-order valence-corrected chi connectivity index (χ3v) is 4.67. The monoisotopic (exact) mass is 395 g/mol. The fourth-order valence-corrected chi connectivity index (χ4v) is 3.36. The van der Waals surface area contributed by atoms with E-state index in [1.165, 1.54) is 6.92 Å². The number of benzene rings is 2. The van der Waals surface area contributed by atoms with Gasteiger partial charge in [-0.05, 0) is 47.7 Å². The summed E-state index contributed by atoms with van der Waals surface area (Å²) < 4.78 is 0. The normalized spacial score (nSPS) is 15.0. The SMILES string of the molecule is CC(=O)Nc1ccc(NC(=O)CN2C(=O)S/C(=C/c3ccccc3)C2=O)cc1. The van der Waals surface area contributed by atoms with Crippen molar-refractivity contribution in [2.24, 2.45) is 0 Å². The number of thioether (sulfide) groups is 1. The van der Waals surface area contributed by atoms with Crippen molar-refractivity contribution < 1.29 is 19.2 Å². The predicted molar refractivity (Wildman–Crippen MR) is 108 cm³/mol. The van der Waals surface area contributed by atoms with Crippen LogP contribution in [0.25, 0.3) is 6.08 Å². The molecule has 1 aliphatic rings. The minimum absolute atomic E-state index is 0.195. The summed E-state index contributed by atoms with van der Waals surface area (Å²) in [6.45, 7) is 1.03. The van der Waals surface area contributed by atoms with Crippen molar-refractivity contribution in [3.8, 4) is 0 Å². The second kappa shape index (κ2) is 8.53. The highest BCUT2D eigenvalue weighted by Gasteiger charge is 2.36. The number of carbonyl (C=O) groups excluding carboxylic acids is 4. The van der Waals surface area contributed by atoms with Gasteiger partial charge in [0.25, 0.3) is 11.1 Å². The van der Waals surface area contributed by atoms with Crippen LogP contribution in [0.2, 0.25) is 0 Å². The second-order valence-corrected chi connectivity index (χ2v) is 6.98. The highest BCUT2D eigenvalue weighted by Crippen LogP contribution is 2.32. The lowest BCUT2D eigenvalue weighted by atomic mass is 10.2. The van der Waals surface area contributed by atoms with Crippen molar-refractivity contribution >= 4 is 52.2 Å². The molecular weight excluding hydrogens is 378 g/mol. The summed E-state index contributed by atoms with van der Waals surface area (Å²) in [4.78, 5) is 49.0. The van der Waals surface area contributed by atoms with Gasteiger partial charge in [0.2, 0.25) is 11.8 Å². The number of hydrogen-bond donors (Lipinski definition) is 2. The molecule has 3 rings (SSSR count). The topological polar surface area (TPSA) is 95.6 Å². The lowest BCUT2D eigenvalue weighted by Gasteiger charge is -2.12. The zero-order valence-corrected chi connectivity index (χ0v) is 15.8. The summed E-state index contributed by atoms with van der Waals surface area (Å²) in [7, 11) is 0. The molecule has 0 aliphatic carbocycles. The Morgan fingerprint density at radius 3 is 2.18 bits per heavy atom. The summed E-state index contributed by atoms with van der Waals surface area (Å²) in [5.74, 6) is -1.18. The molecule has 0 spiro atoms. The highest BCUT2D eigenvalue weighted by molar-refractivity contribution is 8.18. The molecule has 2 N–H and O–H groups in total. The summed E-state index contributed by atoms with van der Waals surface area (Å²) in [6, 6.07) is 15.7. The largest absolute Gasteiger partial charge is 0.326 e. The number of rotatable bonds is 5. The molecule has 7 nitrogen and oxygen atoms in total. The van der Waals surface area contributed by atoms with Gasteiger partial charge in [-0.2, -0.15) is 0 Å². The van der Waals surface area contributed by atoms with Gasteiger partial charge in [-0.3, -0.25) is 24.1 Å². The smallest absolute Gasteiger partial charge is 0.294 e. The number of nitrogens with zero attached hydrogens (tertiary/aromatic N) is 1. The van der Waals surface area contributed by atoms with Crippen LogP contribution in [0.4, 0.5) is 16.2 Å². The zero-order valence-electron chi connectivity index (χ0n) is 15.0. The Hall–Kier alpha value is -3.39. The van der Waals surface area contributed by atoms with Gasteiger partial charge in [-0.15, -0.1) is 0 Å². The van der Waals surface area contributed by atoms with Gasteiger partial charge in [0.15, 0.2) is 0 Å². The molecule has 28 heavy (non-hydrogen) atoms. The summed E-state index contributed by atoms with van der Waals surface area (Å²) in [5.41, 5.74) is 1.89. The number of anilines is 2. The third kappa shape index (κ3) is 4.86. The van der Waals surface area contributed by atoms with Crippen LogP contribution in [-0.2, 0) is 14.4 Å². The summed E-state index contributed by atoms with van der Waals surface area (Å²) in [6.07, 6.45) is 1.63. The van der Waals surface area contributed by atoms with Gasteiger partial charge in [0, 0.05) is 18.3 Å². The van der Waals surface area contributed by atoms with Crippen LogP contribution in [0.15, 0.2) is 59.5 Å². The molecule has 0 radical (unpaired) electrons. The van der Waals surface area contributed by atoms with Crippen molar-refractivity contribution in [1.29, 1.82) is 0 Å². The number of carbonyl (C=O) groups is 4. The van der Waals surface area contributed by atoms with Crippen molar-refractivity contribution in [2.45, 2.75) is 6.92 Å². The van der Waals surface area contributed by atoms with Crippen LogP contribution in [0.1, 0.15) is 12.5 Å². The maximum atomic E-state index is 12.5. The molecule has 0 bridgehead atoms. The summed E-state index contributed by atoms with van der Waals surface area (Å²) in [5, 5.41) is 4.77. The average Bonchev–Trinajstić information content (AvgIpc) is 2.91. The van der Waals surface area contributed by atoms with Gasteiger partial charge >= 0.3 is 0 Å². The van der Waals surface area contributed by atoms with Crippen molar-refractivity contribution in [1.82, 2.24) is 4.90 Å². The van der Waals surface area contributed by atoms with Crippen LogP contribution < -0.4 is 10.6 Å². The van der Waals surface area contributed by atoms with E-state index in [1.807, 2.05) is 30.3 Å². The van der Waals surface area contributed by atoms with Crippen LogP contribution >= 0.6 is 11.8 Å². The molecular formula is C20H17N3O4S. The van der Waals surface area contributed by atoms with Gasteiger partial charge < -0.3 is 10.6 Å². The molecule has 8 heteroatoms. The van der Waals surface area contributed by atoms with Gasteiger partial charge in [-0.25, -0.2) is 0 Å². The van der Waals surface area contributed by atoms with E-state index in [9.17, 15) is 19.2 Å². The first-order valence-electron chi connectivity index (χ1n) is 8.40. The Balaban J connectivity index is 1.62. The van der Waals surface area contributed by atoms with E-state index in [0.717, 1.165) is 22.2 Å². The molecule has 1 fully saturated rings. The Kier molecular flexibility index (Phi) is 5.90. The Morgan fingerprint density at radius 1 is 0.964 bits per heavy atom. The zero-order chi connectivity index (χ0) is 20.1. The van der Waals surface area contributed by atoms with Crippen LogP contribution in [-0.4, -0.2) is 34.4 Å². The lowest BCUT2D eigenvalue weighted by molar-refractivity contribution is -0.127. The third-order valence-electron chi connectivity index (χ3n) is 3.76. The van der Waals surface area contributed by atoms with Crippen LogP contribution in [0.5, 0.6) is 0 Å². The van der Waals surface area contributed by atoms with Gasteiger partial charge in [-0.1, -0.05) is 30.3 Å². The molecule has 1 saturated heterocycles. The maximum absolute atomic E-state index is 12.5. The van der Waals surface area contributed by atoms with Gasteiger partial charge in [0.1, 0.15) is 6.54 Å². The van der Waals surface area contributed by atoms with Crippen molar-refractivity contribution in [2.75, 3.05) is 17.2 Å². The van der Waals surface area contributed by atoms with E-state index in [0.29, 0.717) is 11.4 Å². The predicted octanol–water partition coefficient (Wildman–Crippen LogP) is 3.32. The fourth-order valence-electron chi connectivity index (χ4n) is 2.52. The number of imide groups is 1. The number of amides is 4. The fraction of sp³-hybridized carbons (Fsp3) is 0.100. The summed E-state index contributed by atoms with van der Waals surface area (Å²) >= 11 is 0.811. The van der Waals surface area contributed by atoms with E-state index in [1.54, 1.807) is 30.3 Å². The molecule has 0 aromatic heterocycles. The Labute approximate surface area is 165 Å². The quantitative estimate of drug-likeness (QED) is 0.757. The molecule has 1 aliphatic heterocycles. The van der Waals surface area contributed by atoms with E-state index in [4.69, 9.17) is 0 Å². The highest BCUT2D eigenvalue weighted by atomic mass is 32.2. The van der Waals surface area contributed by atoms with Crippen LogP contribution in [0, 0.1) is 0 Å². The van der Waals surface area contributed by atoms with Gasteiger partial charge in [0.05, 0.1) is 4.91 Å². The molecule has 2 aromatic rings. The Morgan fingerprint density at radius 2 is 1.57 bits per heavy atom. The molecule has 2 aromatic carbocycles. The minimum atomic E-state index is -0.491. The van der Waals surface area contributed by atoms with Crippen molar-refractivity contribution in [3.63, 3.8) is 0 Å². The standard InChI is InChI=1S/C20H17N3O4S/c1-13(24)21-15-7-9-16(10-8-15)22-18(25)12-23-19(26)17(28-20(23)27)11-14-5-3-2-4-6-14/h2-11H,12H2,1H3,(H,21,24)(H,22,25)/b17-11+. The second-order valence-electron chi connectivity index (χ2n) is 5.99. The molecule has 0 saturated carbocycles. The first kappa shape index (κ1) is 19.4. The number of hydrogen-bond acceptors (Lipinski definition) is 5. The van der Waals surface area contributed by atoms with E-state index in [2.05, 4.69) is 10.6 Å². The lowest BCUT2D eigenvalue weighted by Crippen LogP contribution is -2.36. The molecule has 1 heterocycles. The maximum Gasteiger partial charge on any atom is 0.294 e. The molecule has 4 amide bonds. The Bertz CT molecular complexity index is 955. The number of nitrogens with one attached hydrogen (secondary N) is 2. The van der Waals surface area contributed by atoms with E-state index >= 15 is 0 Å². The van der Waals surface area contributed by atoms with E-state index < -0.39 is 17.1 Å². The van der Waals surface area contributed by atoms with Crippen LogP contribution in [0.3, 0.4) is 0 Å². The van der Waals surface area contributed by atoms with Crippen molar-refractivity contribution in [3.05, 3.63) is 65.1 Å². The first-order chi connectivity index (χ1) is 13.4. The molecule has 142 valence electrons. The van der Waals surface area contributed by atoms with E-state index in [-0.39, 0.29) is 17.4 Å². The first-order valence-corrected chi connectivity index (χ1v) is 9.22. The average molecular weight is 395 g/mol. The molecule has 0 atom stereocenters. The minimum Gasteiger partial charge on any atom is -0.326 e.